The van der Waals surface area contributed by atoms with Gasteiger partial charge in [-0.05, 0) is 25.0 Å². The Morgan fingerprint density at radius 2 is 2.00 bits per heavy atom. The minimum absolute atomic E-state index is 0.233. The number of pyridine rings is 1. The predicted octanol–water partition coefficient (Wildman–Crippen LogP) is 3.26. The Balaban J connectivity index is 2.01. The number of aromatic nitrogens is 1. The first-order valence-corrected chi connectivity index (χ1v) is 6.24. The summed E-state index contributed by atoms with van der Waals surface area (Å²) in [5.74, 6) is 0.233. The first-order valence-electron chi connectivity index (χ1n) is 5.36. The van der Waals surface area contributed by atoms with Crippen LogP contribution < -0.4 is 0 Å². The van der Waals surface area contributed by atoms with Crippen LogP contribution in [-0.4, -0.2) is 10.2 Å². The third kappa shape index (κ3) is 2.73. The van der Waals surface area contributed by atoms with E-state index in [-0.39, 0.29) is 5.92 Å². The lowest BCUT2D eigenvalue weighted by atomic mass is 9.90. The molecule has 1 saturated carbocycles. The Hall–Kier alpha value is -1.01. The number of nitrogens with zero attached hydrogens (tertiary/aromatic N) is 2. The van der Waals surface area contributed by atoms with Gasteiger partial charge in [-0.15, -0.1) is 11.8 Å². The first kappa shape index (κ1) is 10.5. The third-order valence-corrected chi connectivity index (χ3v) is 4.22. The second-order valence-electron chi connectivity index (χ2n) is 3.86. The quantitative estimate of drug-likeness (QED) is 0.764. The van der Waals surface area contributed by atoms with Crippen LogP contribution in [0.5, 0.6) is 0 Å². The minimum atomic E-state index is 0.233. The molecule has 0 spiro atoms. The molecule has 1 aromatic rings. The van der Waals surface area contributed by atoms with Crippen LogP contribution in [0, 0.1) is 17.2 Å². The number of thioether (sulfide) groups is 1. The molecular formula is C12H14N2S. The summed E-state index contributed by atoms with van der Waals surface area (Å²) in [6, 6.07) is 6.48. The molecule has 1 aliphatic rings. The molecule has 1 aromatic heterocycles. The molecule has 2 unspecified atom stereocenters. The van der Waals surface area contributed by atoms with Crippen LogP contribution in [0.15, 0.2) is 29.4 Å². The van der Waals surface area contributed by atoms with Gasteiger partial charge in [0.05, 0.1) is 12.0 Å². The summed E-state index contributed by atoms with van der Waals surface area (Å²) in [4.78, 5) is 5.23. The molecule has 3 heteroatoms. The van der Waals surface area contributed by atoms with Crippen molar-refractivity contribution < 1.29 is 0 Å². The Bertz CT molecular complexity index is 344. The average Bonchev–Trinajstić information content (AvgIpc) is 2.31. The fourth-order valence-electron chi connectivity index (χ4n) is 1.98. The molecule has 0 N–H and O–H groups in total. The molecule has 0 radical (unpaired) electrons. The van der Waals surface area contributed by atoms with Crippen LogP contribution in [-0.2, 0) is 0 Å². The minimum Gasteiger partial charge on any atom is -0.265 e. The van der Waals surface area contributed by atoms with E-state index >= 15 is 0 Å². The largest absolute Gasteiger partial charge is 0.265 e. The van der Waals surface area contributed by atoms with Gasteiger partial charge in [-0.25, -0.2) is 0 Å². The molecule has 0 bridgehead atoms. The second-order valence-corrected chi connectivity index (χ2v) is 5.17. The first-order chi connectivity index (χ1) is 7.40. The fraction of sp³-hybridized carbons (Fsp3) is 0.500. The molecule has 78 valence electrons. The van der Waals surface area contributed by atoms with E-state index in [1.54, 1.807) is 0 Å². The molecule has 2 rings (SSSR count). The van der Waals surface area contributed by atoms with Crippen LogP contribution in [0.25, 0.3) is 0 Å². The molecule has 2 atom stereocenters. The molecule has 1 aliphatic carbocycles. The maximum atomic E-state index is 9.06. The predicted molar refractivity (Wildman–Crippen MR) is 61.5 cm³/mol. The molecule has 0 amide bonds. The topological polar surface area (TPSA) is 36.7 Å². The molecule has 2 nitrogen and oxygen atoms in total. The van der Waals surface area contributed by atoms with Gasteiger partial charge >= 0.3 is 0 Å². The Labute approximate surface area is 94.7 Å². The molecule has 15 heavy (non-hydrogen) atoms. The third-order valence-electron chi connectivity index (χ3n) is 2.81. The van der Waals surface area contributed by atoms with Crippen molar-refractivity contribution in [1.29, 1.82) is 5.26 Å². The molecule has 1 heterocycles. The Morgan fingerprint density at radius 3 is 2.73 bits per heavy atom. The summed E-state index contributed by atoms with van der Waals surface area (Å²) in [5, 5.41) is 9.54. The lowest BCUT2D eigenvalue weighted by Crippen LogP contribution is -2.20. The molecule has 0 aliphatic heterocycles. The molecule has 0 aromatic carbocycles. The van der Waals surface area contributed by atoms with E-state index in [0.717, 1.165) is 6.42 Å². The monoisotopic (exact) mass is 218 g/mol. The van der Waals surface area contributed by atoms with Gasteiger partial charge in [-0.2, -0.15) is 5.26 Å². The van der Waals surface area contributed by atoms with Gasteiger partial charge in [0.15, 0.2) is 0 Å². The van der Waals surface area contributed by atoms with E-state index in [2.05, 4.69) is 11.1 Å². The summed E-state index contributed by atoms with van der Waals surface area (Å²) >= 11 is 1.83. The molecule has 0 saturated heterocycles. The highest BCUT2D eigenvalue weighted by atomic mass is 32.2. The standard InChI is InChI=1S/C12H14N2S/c13-9-10-3-1-2-4-12(10)15-11-5-7-14-8-6-11/h5-8,10,12H,1-4H2. The highest BCUT2D eigenvalue weighted by Crippen LogP contribution is 2.36. The SMILES string of the molecule is N#CC1CCCCC1Sc1ccncc1. The lowest BCUT2D eigenvalue weighted by Gasteiger charge is -2.25. The fourth-order valence-corrected chi connectivity index (χ4v) is 3.25. The van der Waals surface area contributed by atoms with Crippen molar-refractivity contribution in [3.63, 3.8) is 0 Å². The summed E-state index contributed by atoms with van der Waals surface area (Å²) in [5.41, 5.74) is 0. The zero-order valence-electron chi connectivity index (χ0n) is 8.60. The number of hydrogen-bond donors (Lipinski definition) is 0. The molecule has 1 fully saturated rings. The van der Waals surface area contributed by atoms with Gasteiger partial charge in [-0.1, -0.05) is 12.8 Å². The van der Waals surface area contributed by atoms with Gasteiger partial charge in [0.1, 0.15) is 0 Å². The number of nitriles is 1. The highest BCUT2D eigenvalue weighted by molar-refractivity contribution is 8.00. The van der Waals surface area contributed by atoms with Crippen LogP contribution in [0.3, 0.4) is 0 Å². The van der Waals surface area contributed by atoms with Crippen LogP contribution in [0.1, 0.15) is 25.7 Å². The smallest absolute Gasteiger partial charge is 0.0667 e. The lowest BCUT2D eigenvalue weighted by molar-refractivity contribution is 0.439. The second kappa shape index (κ2) is 5.18. The zero-order chi connectivity index (χ0) is 10.5. The summed E-state index contributed by atoms with van der Waals surface area (Å²) in [7, 11) is 0. The Kier molecular flexibility index (Phi) is 3.63. The Morgan fingerprint density at radius 1 is 1.27 bits per heavy atom. The van der Waals surface area contributed by atoms with Crippen molar-refractivity contribution in [3.05, 3.63) is 24.5 Å². The molecular weight excluding hydrogens is 204 g/mol. The van der Waals surface area contributed by atoms with Crippen molar-refractivity contribution in [2.45, 2.75) is 35.8 Å². The van der Waals surface area contributed by atoms with E-state index in [1.165, 1.54) is 24.2 Å². The van der Waals surface area contributed by atoms with E-state index in [9.17, 15) is 0 Å². The average molecular weight is 218 g/mol. The highest BCUT2D eigenvalue weighted by Gasteiger charge is 2.25. The zero-order valence-corrected chi connectivity index (χ0v) is 9.41. The number of hydrogen-bond acceptors (Lipinski definition) is 3. The maximum Gasteiger partial charge on any atom is 0.0667 e. The van der Waals surface area contributed by atoms with Gasteiger partial charge < -0.3 is 0 Å². The van der Waals surface area contributed by atoms with Gasteiger partial charge in [0.25, 0.3) is 0 Å². The van der Waals surface area contributed by atoms with Gasteiger partial charge in [-0.3, -0.25) is 4.98 Å². The van der Waals surface area contributed by atoms with Gasteiger partial charge in [0, 0.05) is 22.5 Å². The van der Waals surface area contributed by atoms with E-state index in [4.69, 9.17) is 5.26 Å². The summed E-state index contributed by atoms with van der Waals surface area (Å²) in [6.07, 6.45) is 8.34. The van der Waals surface area contributed by atoms with Crippen molar-refractivity contribution in [2.75, 3.05) is 0 Å². The van der Waals surface area contributed by atoms with Crippen molar-refractivity contribution in [1.82, 2.24) is 4.98 Å². The van der Waals surface area contributed by atoms with Crippen LogP contribution >= 0.6 is 11.8 Å². The number of rotatable bonds is 2. The van der Waals surface area contributed by atoms with E-state index in [1.807, 2.05) is 36.3 Å². The normalized spacial score (nSPS) is 25.8. The van der Waals surface area contributed by atoms with E-state index in [0.29, 0.717) is 5.25 Å². The van der Waals surface area contributed by atoms with Gasteiger partial charge in [0.2, 0.25) is 0 Å². The van der Waals surface area contributed by atoms with E-state index < -0.39 is 0 Å². The summed E-state index contributed by atoms with van der Waals surface area (Å²) < 4.78 is 0. The van der Waals surface area contributed by atoms with Crippen molar-refractivity contribution in [3.8, 4) is 6.07 Å². The van der Waals surface area contributed by atoms with Crippen molar-refractivity contribution >= 4 is 11.8 Å². The maximum absolute atomic E-state index is 9.06. The van der Waals surface area contributed by atoms with Crippen LogP contribution in [0.2, 0.25) is 0 Å². The summed E-state index contributed by atoms with van der Waals surface area (Å²) in [6.45, 7) is 0. The van der Waals surface area contributed by atoms with Crippen LogP contribution in [0.4, 0.5) is 0 Å². The van der Waals surface area contributed by atoms with Crippen molar-refractivity contribution in [2.24, 2.45) is 5.92 Å².